The van der Waals surface area contributed by atoms with Crippen LogP contribution in [0.15, 0.2) is 240 Å². The number of furan rings is 2. The average molecular weight is 1290 g/mol. The van der Waals surface area contributed by atoms with E-state index in [0.717, 1.165) is 66.6 Å². The van der Waals surface area contributed by atoms with E-state index in [4.69, 9.17) is 33.0 Å². The van der Waals surface area contributed by atoms with E-state index in [2.05, 4.69) is 45.2 Å². The Hall–Kier alpha value is -12.6. The second kappa shape index (κ2) is 32.1. The highest BCUT2D eigenvalue weighted by molar-refractivity contribution is 5.86. The number of carboxylic acid groups (broad SMARTS) is 3. The molecule has 0 saturated carbocycles. The summed E-state index contributed by atoms with van der Waals surface area (Å²) in [6.07, 6.45) is 1.60. The zero-order valence-corrected chi connectivity index (χ0v) is 51.2. The Balaban J connectivity index is 0.000000157. The summed E-state index contributed by atoms with van der Waals surface area (Å²) >= 11 is 0. The van der Waals surface area contributed by atoms with Gasteiger partial charge < -0.3 is 59.1 Å². The standard InChI is InChI=1S/C26H20N2O5.C25H23NO5.C24H19FN2O5/c27-15-18-7-4-8-19(11-18)20-9-10-24-21(13-20)14-22(33-24)16-32-26(31)28-23(25(29)30)12-17-5-2-1-3-6-17;27-24(28)22(13-17-7-3-1-4-8-17)26-25(29)30-16-21-15-20-14-19(11-12-23(20)31-21)18-9-5-2-6-10-18;25-19-6-3-15(4-7-19)10-21(23(28)29)27-24(30)31-14-20-12-18-11-16(5-8-22(18)32-20)17-2-1-9-26-13-17/h1-11,13-14,23H,12,16H2,(H,28,31)(H,29,30);1-12,14,21-22H,13,15-16H2,(H,26,29)(H,27,28);1-9,11-13,21H,10,14H2,(H,27,30)(H,28,29). The Bertz CT molecular complexity index is 4540. The van der Waals surface area contributed by atoms with Crippen LogP contribution in [0.5, 0.6) is 5.75 Å². The van der Waals surface area contributed by atoms with Crippen molar-refractivity contribution in [2.24, 2.45) is 0 Å². The summed E-state index contributed by atoms with van der Waals surface area (Å²) in [6.45, 7) is -0.262. The topological polar surface area (TPSA) is 299 Å². The number of nitrogens with zero attached hydrogens (tertiary/aromatic N) is 2. The Morgan fingerprint density at radius 1 is 0.500 bits per heavy atom. The van der Waals surface area contributed by atoms with Gasteiger partial charge in [0.05, 0.1) is 11.6 Å². The first kappa shape index (κ1) is 66.4. The molecule has 0 aliphatic carbocycles. The van der Waals surface area contributed by atoms with Gasteiger partial charge >= 0.3 is 36.2 Å². The SMILES string of the molecule is N#Cc1cccc(-c2ccc3oc(COC(=O)NC(Cc4ccccc4)C(=O)O)cc3c2)c1.O=C(NC(Cc1ccc(F)cc1)C(=O)O)OCc1cc2cc(-c3cccnc3)ccc2o1.O=C(NC(Cc1ccccc1)C(=O)O)OCC1Cc2cc(-c3ccccc3)ccc2O1. The highest BCUT2D eigenvalue weighted by Gasteiger charge is 2.28. The maximum atomic E-state index is 13.0. The van der Waals surface area contributed by atoms with Crippen molar-refractivity contribution in [3.63, 3.8) is 0 Å². The number of halogens is 1. The molecule has 20 nitrogen and oxygen atoms in total. The van der Waals surface area contributed by atoms with Gasteiger partial charge in [0.25, 0.3) is 0 Å². The van der Waals surface area contributed by atoms with Crippen LogP contribution < -0.4 is 20.7 Å². The molecule has 4 atom stereocenters. The van der Waals surface area contributed by atoms with E-state index in [1.807, 2.05) is 133 Å². The number of fused-ring (bicyclic) bond motifs is 3. The van der Waals surface area contributed by atoms with Crippen molar-refractivity contribution in [1.82, 2.24) is 20.9 Å². The third kappa shape index (κ3) is 18.8. The Labute approximate surface area is 549 Å². The molecule has 484 valence electrons. The maximum Gasteiger partial charge on any atom is 0.408 e. The number of aromatic nitrogens is 1. The quantitative estimate of drug-likeness (QED) is 0.0364. The number of carboxylic acids is 3. The van der Waals surface area contributed by atoms with Crippen molar-refractivity contribution in [3.8, 4) is 45.2 Å². The normalized spacial score (nSPS) is 12.9. The second-order valence-corrected chi connectivity index (χ2v) is 22.1. The smallest absolute Gasteiger partial charge is 0.408 e. The van der Waals surface area contributed by atoms with Crippen LogP contribution >= 0.6 is 0 Å². The van der Waals surface area contributed by atoms with Crippen molar-refractivity contribution in [3.05, 3.63) is 276 Å². The number of carbonyl (C=O) groups excluding carboxylic acids is 3. The largest absolute Gasteiger partial charge is 0.486 e. The highest BCUT2D eigenvalue weighted by Crippen LogP contribution is 2.34. The van der Waals surface area contributed by atoms with Crippen LogP contribution in [0.3, 0.4) is 0 Å². The number of hydrogen-bond donors (Lipinski definition) is 6. The molecule has 11 aromatic rings. The van der Waals surface area contributed by atoms with Gasteiger partial charge in [-0.1, -0.05) is 140 Å². The van der Waals surface area contributed by atoms with Crippen molar-refractivity contribution in [1.29, 1.82) is 5.26 Å². The third-order valence-electron chi connectivity index (χ3n) is 15.1. The summed E-state index contributed by atoms with van der Waals surface area (Å²) in [6, 6.07) is 64.3. The lowest BCUT2D eigenvalue weighted by Gasteiger charge is -2.16. The van der Waals surface area contributed by atoms with E-state index in [9.17, 15) is 48.5 Å². The number of rotatable bonds is 21. The highest BCUT2D eigenvalue weighted by atomic mass is 19.1. The van der Waals surface area contributed by atoms with E-state index in [1.165, 1.54) is 24.3 Å². The molecule has 0 fully saturated rings. The molecular weight excluding hydrogens is 1230 g/mol. The fourth-order valence-electron chi connectivity index (χ4n) is 10.4. The fourth-order valence-corrected chi connectivity index (χ4v) is 10.4. The molecule has 3 amide bonds. The number of nitriles is 1. The Morgan fingerprint density at radius 3 is 1.47 bits per heavy atom. The lowest BCUT2D eigenvalue weighted by atomic mass is 10.0. The Morgan fingerprint density at radius 2 is 0.958 bits per heavy atom. The number of carbonyl (C=O) groups is 6. The molecular formula is C75H62FN5O15. The van der Waals surface area contributed by atoms with Gasteiger partial charge in [-0.3, -0.25) is 4.98 Å². The van der Waals surface area contributed by atoms with Crippen LogP contribution in [0, 0.1) is 17.1 Å². The summed E-state index contributed by atoms with van der Waals surface area (Å²) in [5, 5.41) is 46.1. The third-order valence-corrected chi connectivity index (χ3v) is 15.1. The molecule has 1 aliphatic heterocycles. The molecule has 21 heteroatoms. The van der Waals surface area contributed by atoms with Gasteiger partial charge in [-0.05, 0) is 129 Å². The van der Waals surface area contributed by atoms with Gasteiger partial charge in [0, 0.05) is 54.4 Å². The molecule has 4 heterocycles. The number of benzene rings is 8. The van der Waals surface area contributed by atoms with Crippen LogP contribution in [0.1, 0.15) is 39.3 Å². The molecule has 0 spiro atoms. The molecule has 96 heavy (non-hydrogen) atoms. The predicted octanol–water partition coefficient (Wildman–Crippen LogP) is 13.5. The van der Waals surface area contributed by atoms with Gasteiger partial charge in [0.15, 0.2) is 13.2 Å². The molecule has 3 aromatic heterocycles. The number of aliphatic carboxylic acids is 3. The van der Waals surface area contributed by atoms with Gasteiger partial charge in [0.2, 0.25) is 0 Å². The van der Waals surface area contributed by atoms with Crippen molar-refractivity contribution < 1.29 is 76.3 Å². The average Bonchev–Trinajstić information content (AvgIpc) is 1.67. The summed E-state index contributed by atoms with van der Waals surface area (Å²) in [5.41, 5.74) is 11.1. The first-order valence-electron chi connectivity index (χ1n) is 30.2. The zero-order chi connectivity index (χ0) is 67.3. The minimum atomic E-state index is -1.22. The van der Waals surface area contributed by atoms with E-state index >= 15 is 0 Å². The van der Waals surface area contributed by atoms with Gasteiger partial charge in [-0.2, -0.15) is 5.26 Å². The van der Waals surface area contributed by atoms with E-state index in [-0.39, 0.29) is 45.2 Å². The minimum absolute atomic E-state index is 0.00747. The molecule has 0 radical (unpaired) electrons. The fraction of sp³-hybridized carbons (Fsp3) is 0.147. The van der Waals surface area contributed by atoms with E-state index in [1.54, 1.807) is 54.9 Å². The lowest BCUT2D eigenvalue weighted by Crippen LogP contribution is -2.43. The Kier molecular flexibility index (Phi) is 22.2. The molecule has 0 saturated heterocycles. The monoisotopic (exact) mass is 1290 g/mol. The maximum absolute atomic E-state index is 13.0. The van der Waals surface area contributed by atoms with Gasteiger partial charge in [0.1, 0.15) is 65.1 Å². The van der Waals surface area contributed by atoms with Crippen LogP contribution in [0.25, 0.3) is 55.3 Å². The number of pyridine rings is 1. The molecule has 0 bridgehead atoms. The van der Waals surface area contributed by atoms with Crippen molar-refractivity contribution in [2.45, 2.75) is 63.1 Å². The molecule has 4 unspecified atom stereocenters. The van der Waals surface area contributed by atoms with Crippen molar-refractivity contribution in [2.75, 3.05) is 6.61 Å². The van der Waals surface area contributed by atoms with Crippen LogP contribution in [-0.2, 0) is 67.5 Å². The number of hydrogen-bond acceptors (Lipinski definition) is 14. The summed E-state index contributed by atoms with van der Waals surface area (Å²) in [4.78, 5) is 75.1. The zero-order valence-electron chi connectivity index (χ0n) is 51.2. The first-order valence-corrected chi connectivity index (χ1v) is 30.2. The predicted molar refractivity (Wildman–Crippen MR) is 352 cm³/mol. The van der Waals surface area contributed by atoms with Crippen molar-refractivity contribution >= 4 is 58.1 Å². The number of amides is 3. The van der Waals surface area contributed by atoms with Crippen LogP contribution in [0.4, 0.5) is 18.8 Å². The van der Waals surface area contributed by atoms with Crippen LogP contribution in [0.2, 0.25) is 0 Å². The van der Waals surface area contributed by atoms with Crippen LogP contribution in [-0.4, -0.2) is 87.3 Å². The minimum Gasteiger partial charge on any atom is -0.486 e. The first-order chi connectivity index (χ1) is 46.6. The summed E-state index contributed by atoms with van der Waals surface area (Å²) in [5.74, 6) is -2.28. The number of alkyl carbamates (subject to hydrolysis) is 3. The lowest BCUT2D eigenvalue weighted by molar-refractivity contribution is -0.140. The molecule has 1 aliphatic rings. The van der Waals surface area contributed by atoms with E-state index < -0.39 is 60.1 Å². The molecule has 8 aromatic carbocycles. The van der Waals surface area contributed by atoms with E-state index in [0.29, 0.717) is 40.2 Å². The molecule has 12 rings (SSSR count). The molecule has 6 N–H and O–H groups in total. The summed E-state index contributed by atoms with van der Waals surface area (Å²) < 4.78 is 45.9. The second-order valence-electron chi connectivity index (χ2n) is 22.1. The number of ether oxygens (including phenoxy) is 4. The van der Waals surface area contributed by atoms with Gasteiger partial charge in [-0.25, -0.2) is 33.2 Å². The number of nitrogens with one attached hydrogen (secondary N) is 3. The van der Waals surface area contributed by atoms with Gasteiger partial charge in [-0.15, -0.1) is 0 Å². The summed E-state index contributed by atoms with van der Waals surface area (Å²) in [7, 11) is 0.